The molecule has 6 nitrogen and oxygen atoms in total. The minimum Gasteiger partial charge on any atom is -0.507 e. The van der Waals surface area contributed by atoms with Crippen LogP contribution in [0.5, 0.6) is 5.75 Å². The molecule has 6 heteroatoms. The van der Waals surface area contributed by atoms with Crippen LogP contribution in [0.15, 0.2) is 75.4 Å². The summed E-state index contributed by atoms with van der Waals surface area (Å²) in [5.74, 6) is 0.0210. The predicted molar refractivity (Wildman–Crippen MR) is 97.4 cm³/mol. The fourth-order valence-electron chi connectivity index (χ4n) is 2.79. The van der Waals surface area contributed by atoms with Crippen LogP contribution in [0.1, 0.15) is 5.56 Å². The molecule has 4 rings (SSSR count). The summed E-state index contributed by atoms with van der Waals surface area (Å²) < 4.78 is 0.754. The highest BCUT2D eigenvalue weighted by Crippen LogP contribution is 2.25. The van der Waals surface area contributed by atoms with Crippen LogP contribution in [0.3, 0.4) is 0 Å². The maximum Gasteiger partial charge on any atom is 0.349 e. The lowest BCUT2D eigenvalue weighted by Gasteiger charge is -2.05. The van der Waals surface area contributed by atoms with Crippen molar-refractivity contribution in [3.8, 4) is 5.75 Å². The van der Waals surface area contributed by atoms with Crippen LogP contribution < -0.4 is 11.2 Å². The minimum atomic E-state index is -0.639. The first-order valence-electron chi connectivity index (χ1n) is 7.64. The van der Waals surface area contributed by atoms with E-state index in [4.69, 9.17) is 0 Å². The van der Waals surface area contributed by atoms with Crippen LogP contribution in [0, 0.1) is 0 Å². The summed E-state index contributed by atoms with van der Waals surface area (Å²) in [5, 5.41) is 16.2. The zero-order valence-corrected chi connectivity index (χ0v) is 13.0. The second-order valence-electron chi connectivity index (χ2n) is 5.56. The first-order valence-corrected chi connectivity index (χ1v) is 7.64. The van der Waals surface area contributed by atoms with Crippen LogP contribution in [-0.4, -0.2) is 21.0 Å². The Kier molecular flexibility index (Phi) is 3.43. The van der Waals surface area contributed by atoms with E-state index < -0.39 is 11.2 Å². The molecular weight excluding hydrogens is 318 g/mol. The van der Waals surface area contributed by atoms with Crippen LogP contribution >= 0.6 is 0 Å². The second-order valence-corrected chi connectivity index (χ2v) is 5.56. The molecule has 0 saturated carbocycles. The highest BCUT2D eigenvalue weighted by molar-refractivity contribution is 6.02. The molecule has 0 spiro atoms. The number of rotatable bonds is 2. The zero-order valence-electron chi connectivity index (χ0n) is 13.0. The van der Waals surface area contributed by atoms with Crippen LogP contribution in [0.2, 0.25) is 0 Å². The lowest BCUT2D eigenvalue weighted by molar-refractivity contribution is 0.475. The summed E-state index contributed by atoms with van der Waals surface area (Å²) in [6.07, 6.45) is 1.32. The number of hydrogen-bond acceptors (Lipinski definition) is 4. The lowest BCUT2D eigenvalue weighted by Crippen LogP contribution is -2.32. The summed E-state index contributed by atoms with van der Waals surface area (Å²) >= 11 is 0. The van der Waals surface area contributed by atoms with Gasteiger partial charge in [-0.25, -0.2) is 4.79 Å². The number of aromatic hydroxyl groups is 1. The molecule has 0 saturated heterocycles. The third kappa shape index (κ3) is 2.49. The third-order valence-corrected chi connectivity index (χ3v) is 4.03. The number of phenols is 1. The Hall–Kier alpha value is -3.67. The largest absolute Gasteiger partial charge is 0.507 e. The van der Waals surface area contributed by atoms with Gasteiger partial charge in [0.15, 0.2) is 0 Å². The molecular formula is C19H13N3O3. The van der Waals surface area contributed by atoms with Crippen molar-refractivity contribution in [2.45, 2.75) is 0 Å². The van der Waals surface area contributed by atoms with Crippen molar-refractivity contribution in [1.29, 1.82) is 0 Å². The molecule has 0 aliphatic carbocycles. The Morgan fingerprint density at radius 3 is 2.48 bits per heavy atom. The van der Waals surface area contributed by atoms with Crippen molar-refractivity contribution in [2.24, 2.45) is 5.10 Å². The van der Waals surface area contributed by atoms with E-state index in [0.717, 1.165) is 15.4 Å². The molecule has 0 atom stereocenters. The van der Waals surface area contributed by atoms with Gasteiger partial charge < -0.3 is 10.1 Å². The first-order chi connectivity index (χ1) is 12.1. The smallest absolute Gasteiger partial charge is 0.349 e. The Labute approximate surface area is 141 Å². The van der Waals surface area contributed by atoms with Crippen molar-refractivity contribution < 1.29 is 5.11 Å². The molecule has 0 radical (unpaired) electrons. The summed E-state index contributed by atoms with van der Waals surface area (Å²) in [5.41, 5.74) is -0.260. The molecule has 0 amide bonds. The van der Waals surface area contributed by atoms with Gasteiger partial charge >= 0.3 is 5.69 Å². The number of fused-ring (bicyclic) bond motifs is 2. The van der Waals surface area contributed by atoms with Gasteiger partial charge in [-0.1, -0.05) is 42.5 Å². The fourth-order valence-corrected chi connectivity index (χ4v) is 2.79. The number of nitrogens with one attached hydrogen (secondary N) is 1. The lowest BCUT2D eigenvalue weighted by atomic mass is 10.0. The van der Waals surface area contributed by atoms with E-state index in [0.29, 0.717) is 16.5 Å². The van der Waals surface area contributed by atoms with Gasteiger partial charge in [-0.05, 0) is 29.0 Å². The molecule has 1 aromatic heterocycles. The molecule has 0 aliphatic rings. The molecule has 0 fully saturated rings. The predicted octanol–water partition coefficient (Wildman–Crippen LogP) is 2.43. The highest BCUT2D eigenvalue weighted by Gasteiger charge is 2.08. The van der Waals surface area contributed by atoms with Gasteiger partial charge in [0.2, 0.25) is 0 Å². The summed E-state index contributed by atoms with van der Waals surface area (Å²) in [6.45, 7) is 0. The SMILES string of the molecule is O=c1[nH]c2ccccc2c(=O)n1N=Cc1c(O)ccc2ccccc12. The number of aromatic amines is 1. The number of para-hydroxylation sites is 1. The van der Waals surface area contributed by atoms with Crippen molar-refractivity contribution in [1.82, 2.24) is 9.66 Å². The maximum atomic E-state index is 12.5. The van der Waals surface area contributed by atoms with E-state index in [9.17, 15) is 14.7 Å². The molecule has 0 bridgehead atoms. The second kappa shape index (κ2) is 5.76. The Bertz CT molecular complexity index is 1250. The van der Waals surface area contributed by atoms with E-state index in [1.165, 1.54) is 6.21 Å². The summed E-state index contributed by atoms with van der Waals surface area (Å²) in [7, 11) is 0. The molecule has 0 unspecified atom stereocenters. The quantitative estimate of drug-likeness (QED) is 0.553. The normalized spacial score (nSPS) is 11.5. The third-order valence-electron chi connectivity index (χ3n) is 4.03. The number of H-pyrrole nitrogens is 1. The van der Waals surface area contributed by atoms with E-state index >= 15 is 0 Å². The van der Waals surface area contributed by atoms with Crippen molar-refractivity contribution in [3.05, 3.63) is 87.1 Å². The first kappa shape index (κ1) is 14.9. The monoisotopic (exact) mass is 331 g/mol. The van der Waals surface area contributed by atoms with E-state index in [-0.39, 0.29) is 5.75 Å². The number of hydrogen-bond donors (Lipinski definition) is 2. The van der Waals surface area contributed by atoms with Gasteiger partial charge in [0, 0.05) is 5.56 Å². The number of nitrogens with zero attached hydrogens (tertiary/aromatic N) is 2. The van der Waals surface area contributed by atoms with Crippen molar-refractivity contribution in [3.63, 3.8) is 0 Å². The average Bonchev–Trinajstić information content (AvgIpc) is 2.63. The van der Waals surface area contributed by atoms with Gasteiger partial charge in [-0.2, -0.15) is 5.10 Å². The van der Waals surface area contributed by atoms with E-state index in [2.05, 4.69) is 10.1 Å². The molecule has 2 N–H and O–H groups in total. The van der Waals surface area contributed by atoms with Gasteiger partial charge in [0.05, 0.1) is 17.1 Å². The van der Waals surface area contributed by atoms with Gasteiger partial charge in [0.25, 0.3) is 5.56 Å². The van der Waals surface area contributed by atoms with Gasteiger partial charge in [-0.15, -0.1) is 4.68 Å². The molecule has 4 aromatic rings. The number of benzene rings is 3. The molecule has 1 heterocycles. The Morgan fingerprint density at radius 1 is 0.920 bits per heavy atom. The van der Waals surface area contributed by atoms with Gasteiger partial charge in [-0.3, -0.25) is 4.79 Å². The summed E-state index contributed by atoms with van der Waals surface area (Å²) in [4.78, 5) is 27.3. The molecule has 0 aliphatic heterocycles. The van der Waals surface area contributed by atoms with Gasteiger partial charge in [0.1, 0.15) is 5.75 Å². The molecule has 122 valence electrons. The molecule has 3 aromatic carbocycles. The topological polar surface area (TPSA) is 87.5 Å². The van der Waals surface area contributed by atoms with Crippen LogP contribution in [0.4, 0.5) is 0 Å². The van der Waals surface area contributed by atoms with Crippen molar-refractivity contribution in [2.75, 3.05) is 0 Å². The van der Waals surface area contributed by atoms with Crippen LogP contribution in [0.25, 0.3) is 21.7 Å². The minimum absolute atomic E-state index is 0.0210. The number of aromatic nitrogens is 2. The average molecular weight is 331 g/mol. The van der Waals surface area contributed by atoms with E-state index in [1.54, 1.807) is 36.4 Å². The van der Waals surface area contributed by atoms with Crippen LogP contribution in [-0.2, 0) is 0 Å². The Morgan fingerprint density at radius 2 is 1.64 bits per heavy atom. The number of phenolic OH excluding ortho intramolecular Hbond substituents is 1. The molecule has 25 heavy (non-hydrogen) atoms. The highest BCUT2D eigenvalue weighted by atomic mass is 16.3. The zero-order chi connectivity index (χ0) is 17.4. The fraction of sp³-hybridized carbons (Fsp3) is 0. The maximum absolute atomic E-state index is 12.5. The Balaban J connectivity index is 1.92. The van der Waals surface area contributed by atoms with Crippen molar-refractivity contribution >= 4 is 27.9 Å². The summed E-state index contributed by atoms with van der Waals surface area (Å²) in [6, 6.07) is 17.5. The van der Waals surface area contributed by atoms with E-state index in [1.807, 2.05) is 24.3 Å². The standard InChI is InChI=1S/C19H13N3O3/c23-17-10-9-12-5-1-2-6-13(12)15(17)11-20-22-18(24)14-7-3-4-8-16(14)21-19(22)25/h1-11,23H,(H,21,25).